The molecule has 1 aromatic heterocycles. The van der Waals surface area contributed by atoms with Gasteiger partial charge in [-0.25, -0.2) is 0 Å². The fourth-order valence-corrected chi connectivity index (χ4v) is 2.97. The Morgan fingerprint density at radius 2 is 2.13 bits per heavy atom. The smallest absolute Gasteiger partial charge is 0.224 e. The SMILES string of the molecule is CC(C)=CCC[C@H](C)N1CCC(=O)N(Cc2ccccn2)CC1. The predicted molar refractivity (Wildman–Crippen MR) is 94.0 cm³/mol. The topological polar surface area (TPSA) is 36.4 Å². The van der Waals surface area contributed by atoms with Gasteiger partial charge >= 0.3 is 0 Å². The monoisotopic (exact) mass is 315 g/mol. The molecule has 1 aliphatic rings. The van der Waals surface area contributed by atoms with Crippen molar-refractivity contribution in [2.45, 2.75) is 52.6 Å². The predicted octanol–water partition coefficient (Wildman–Crippen LogP) is 3.25. The maximum Gasteiger partial charge on any atom is 0.224 e. The van der Waals surface area contributed by atoms with Crippen LogP contribution in [0.15, 0.2) is 36.0 Å². The van der Waals surface area contributed by atoms with Crippen LogP contribution in [-0.2, 0) is 11.3 Å². The summed E-state index contributed by atoms with van der Waals surface area (Å²) in [7, 11) is 0. The molecule has 23 heavy (non-hydrogen) atoms. The minimum absolute atomic E-state index is 0.245. The van der Waals surface area contributed by atoms with E-state index in [1.165, 1.54) is 5.57 Å². The van der Waals surface area contributed by atoms with E-state index in [0.717, 1.165) is 38.2 Å². The molecule has 1 amide bonds. The molecule has 0 N–H and O–H groups in total. The number of amides is 1. The molecular weight excluding hydrogens is 286 g/mol. The molecule has 126 valence electrons. The lowest BCUT2D eigenvalue weighted by atomic mass is 10.1. The fraction of sp³-hybridized carbons (Fsp3) is 0.579. The van der Waals surface area contributed by atoms with E-state index in [0.29, 0.717) is 19.0 Å². The number of carbonyl (C=O) groups is 1. The molecule has 0 unspecified atom stereocenters. The van der Waals surface area contributed by atoms with Crippen LogP contribution in [0.25, 0.3) is 0 Å². The molecule has 1 fully saturated rings. The summed E-state index contributed by atoms with van der Waals surface area (Å²) in [5.41, 5.74) is 2.34. The van der Waals surface area contributed by atoms with E-state index in [2.05, 4.69) is 36.7 Å². The first-order valence-electron chi connectivity index (χ1n) is 8.61. The molecule has 2 rings (SSSR count). The number of allylic oxidation sites excluding steroid dienone is 2. The van der Waals surface area contributed by atoms with Crippen LogP contribution in [0.2, 0.25) is 0 Å². The Morgan fingerprint density at radius 3 is 2.83 bits per heavy atom. The van der Waals surface area contributed by atoms with Crippen molar-refractivity contribution in [1.82, 2.24) is 14.8 Å². The molecule has 4 heteroatoms. The summed E-state index contributed by atoms with van der Waals surface area (Å²) in [6.07, 6.45) is 6.97. The number of hydrogen-bond donors (Lipinski definition) is 0. The van der Waals surface area contributed by atoms with Crippen molar-refractivity contribution in [2.24, 2.45) is 0 Å². The van der Waals surface area contributed by atoms with E-state index >= 15 is 0 Å². The van der Waals surface area contributed by atoms with E-state index in [1.807, 2.05) is 23.1 Å². The summed E-state index contributed by atoms with van der Waals surface area (Å²) >= 11 is 0. The molecule has 0 spiro atoms. The van der Waals surface area contributed by atoms with Gasteiger partial charge in [-0.2, -0.15) is 0 Å². The zero-order chi connectivity index (χ0) is 16.7. The van der Waals surface area contributed by atoms with Gasteiger partial charge in [0.1, 0.15) is 0 Å². The van der Waals surface area contributed by atoms with Crippen molar-refractivity contribution in [3.05, 3.63) is 41.7 Å². The Hall–Kier alpha value is -1.68. The highest BCUT2D eigenvalue weighted by molar-refractivity contribution is 5.76. The lowest BCUT2D eigenvalue weighted by molar-refractivity contribution is -0.131. The van der Waals surface area contributed by atoms with E-state index in [1.54, 1.807) is 6.20 Å². The van der Waals surface area contributed by atoms with Gasteiger partial charge in [0.05, 0.1) is 12.2 Å². The van der Waals surface area contributed by atoms with Gasteiger partial charge in [-0.15, -0.1) is 0 Å². The van der Waals surface area contributed by atoms with Gasteiger partial charge in [-0.1, -0.05) is 17.7 Å². The average Bonchev–Trinajstić information content (AvgIpc) is 2.71. The number of carbonyl (C=O) groups excluding carboxylic acids is 1. The maximum absolute atomic E-state index is 12.4. The van der Waals surface area contributed by atoms with Crippen molar-refractivity contribution < 1.29 is 4.79 Å². The first-order chi connectivity index (χ1) is 11.1. The number of aromatic nitrogens is 1. The minimum atomic E-state index is 0.245. The highest BCUT2D eigenvalue weighted by Gasteiger charge is 2.23. The quantitative estimate of drug-likeness (QED) is 0.756. The summed E-state index contributed by atoms with van der Waals surface area (Å²) in [5, 5.41) is 0. The van der Waals surface area contributed by atoms with Crippen molar-refractivity contribution >= 4 is 5.91 Å². The molecule has 0 bridgehead atoms. The Kier molecular flexibility index (Phi) is 6.78. The van der Waals surface area contributed by atoms with Gasteiger partial charge in [0.25, 0.3) is 0 Å². The zero-order valence-electron chi connectivity index (χ0n) is 14.7. The Bertz CT molecular complexity index is 523. The normalized spacial score (nSPS) is 17.7. The Balaban J connectivity index is 1.87. The lowest BCUT2D eigenvalue weighted by Crippen LogP contribution is -2.37. The summed E-state index contributed by atoms with van der Waals surface area (Å²) < 4.78 is 0. The third-order valence-electron chi connectivity index (χ3n) is 4.46. The average molecular weight is 315 g/mol. The molecule has 4 nitrogen and oxygen atoms in total. The molecule has 0 saturated carbocycles. The first kappa shape index (κ1) is 17.7. The first-order valence-corrected chi connectivity index (χ1v) is 8.61. The van der Waals surface area contributed by atoms with Crippen LogP contribution in [0.3, 0.4) is 0 Å². The number of pyridine rings is 1. The highest BCUT2D eigenvalue weighted by Crippen LogP contribution is 2.14. The molecule has 1 saturated heterocycles. The van der Waals surface area contributed by atoms with Gasteiger partial charge in [0, 0.05) is 38.3 Å². The maximum atomic E-state index is 12.4. The van der Waals surface area contributed by atoms with E-state index in [9.17, 15) is 4.79 Å². The van der Waals surface area contributed by atoms with Crippen LogP contribution in [0.5, 0.6) is 0 Å². The van der Waals surface area contributed by atoms with Gasteiger partial charge in [0.15, 0.2) is 0 Å². The summed E-state index contributed by atoms with van der Waals surface area (Å²) in [5.74, 6) is 0.245. The van der Waals surface area contributed by atoms with E-state index in [4.69, 9.17) is 0 Å². The highest BCUT2D eigenvalue weighted by atomic mass is 16.2. The summed E-state index contributed by atoms with van der Waals surface area (Å²) in [6.45, 7) is 9.80. The van der Waals surface area contributed by atoms with E-state index < -0.39 is 0 Å². The third-order valence-corrected chi connectivity index (χ3v) is 4.46. The molecule has 0 aromatic carbocycles. The second-order valence-corrected chi connectivity index (χ2v) is 6.63. The summed E-state index contributed by atoms with van der Waals surface area (Å²) in [4.78, 5) is 21.1. The second kappa shape index (κ2) is 8.82. The Labute approximate surface area is 140 Å². The molecule has 1 aromatic rings. The van der Waals surface area contributed by atoms with Crippen molar-refractivity contribution in [3.8, 4) is 0 Å². The van der Waals surface area contributed by atoms with Crippen molar-refractivity contribution in [3.63, 3.8) is 0 Å². The zero-order valence-corrected chi connectivity index (χ0v) is 14.7. The summed E-state index contributed by atoms with van der Waals surface area (Å²) in [6, 6.07) is 6.39. The van der Waals surface area contributed by atoms with Gasteiger partial charge < -0.3 is 4.90 Å². The largest absolute Gasteiger partial charge is 0.335 e. The van der Waals surface area contributed by atoms with Crippen LogP contribution in [0, 0.1) is 0 Å². The van der Waals surface area contributed by atoms with Crippen LogP contribution >= 0.6 is 0 Å². The third kappa shape index (κ3) is 5.79. The number of rotatable bonds is 6. The molecule has 2 heterocycles. The van der Waals surface area contributed by atoms with Crippen LogP contribution in [-0.4, -0.2) is 46.4 Å². The van der Waals surface area contributed by atoms with E-state index in [-0.39, 0.29) is 5.91 Å². The van der Waals surface area contributed by atoms with Gasteiger partial charge in [-0.05, 0) is 45.7 Å². The van der Waals surface area contributed by atoms with Gasteiger partial charge in [0.2, 0.25) is 5.91 Å². The number of nitrogens with zero attached hydrogens (tertiary/aromatic N) is 3. The molecule has 0 aliphatic carbocycles. The van der Waals surface area contributed by atoms with Crippen LogP contribution in [0.1, 0.15) is 45.7 Å². The minimum Gasteiger partial charge on any atom is -0.335 e. The van der Waals surface area contributed by atoms with Crippen molar-refractivity contribution in [1.29, 1.82) is 0 Å². The van der Waals surface area contributed by atoms with Crippen LogP contribution < -0.4 is 0 Å². The van der Waals surface area contributed by atoms with Gasteiger partial charge in [-0.3, -0.25) is 14.7 Å². The van der Waals surface area contributed by atoms with Crippen LogP contribution in [0.4, 0.5) is 0 Å². The molecular formula is C19H29N3O. The second-order valence-electron chi connectivity index (χ2n) is 6.63. The molecule has 1 aliphatic heterocycles. The lowest BCUT2D eigenvalue weighted by Gasteiger charge is -2.27. The molecule has 0 radical (unpaired) electrons. The standard InChI is InChI=1S/C19H29N3O/c1-16(2)7-6-8-17(3)21-12-10-19(23)22(14-13-21)15-18-9-4-5-11-20-18/h4-5,7,9,11,17H,6,8,10,12-15H2,1-3H3/t17-/m0/s1. The fourth-order valence-electron chi connectivity index (χ4n) is 2.97. The van der Waals surface area contributed by atoms with Crippen molar-refractivity contribution in [2.75, 3.05) is 19.6 Å². The Morgan fingerprint density at radius 1 is 1.30 bits per heavy atom. The molecule has 1 atom stereocenters. The number of hydrogen-bond acceptors (Lipinski definition) is 3.